The maximum absolute atomic E-state index is 2.29. The summed E-state index contributed by atoms with van der Waals surface area (Å²) in [6.45, 7) is 3.47. The summed E-state index contributed by atoms with van der Waals surface area (Å²) < 4.78 is 2.29. The van der Waals surface area contributed by atoms with Crippen molar-refractivity contribution in [1.29, 1.82) is 0 Å². The van der Waals surface area contributed by atoms with Gasteiger partial charge in [-0.05, 0) is 6.42 Å². The molecular weight excluding hydrogens is 302 g/mol. The summed E-state index contributed by atoms with van der Waals surface area (Å²) in [6.07, 6.45) is 24.4. The van der Waals surface area contributed by atoms with Crippen LogP contribution in [-0.2, 0) is 6.54 Å². The Morgan fingerprint density at radius 2 is 0.913 bits per heavy atom. The number of unbranched alkanes of at least 4 members (excludes halogenated alkanes) is 13. The molecular formula is C21H38ClN+2. The fraction of sp³-hybridized carbons (Fsp3) is 0.762. The van der Waals surface area contributed by atoms with Gasteiger partial charge in [-0.25, -0.2) is 4.57 Å². The summed E-state index contributed by atoms with van der Waals surface area (Å²) in [5.41, 5.74) is 0. The van der Waals surface area contributed by atoms with Crippen molar-refractivity contribution < 1.29 is 17.0 Å². The van der Waals surface area contributed by atoms with E-state index in [1.165, 1.54) is 96.4 Å². The minimum absolute atomic E-state index is 0. The molecule has 0 amide bonds. The molecule has 0 N–H and O–H groups in total. The average Bonchev–Trinajstić information content (AvgIpc) is 2.56. The van der Waals surface area contributed by atoms with Crippen LogP contribution in [0, 0.1) is 12.4 Å². The number of pyridine rings is 1. The first-order valence-electron chi connectivity index (χ1n) is 9.87. The van der Waals surface area contributed by atoms with Gasteiger partial charge in [-0.1, -0.05) is 90.0 Å². The molecule has 0 fully saturated rings. The van der Waals surface area contributed by atoms with Gasteiger partial charge in [0.15, 0.2) is 12.4 Å². The summed E-state index contributed by atoms with van der Waals surface area (Å²) in [6, 6.07) is 6.31. The maximum Gasteiger partial charge on any atom is 1.00 e. The molecule has 0 saturated heterocycles. The predicted molar refractivity (Wildman–Crippen MR) is 96.9 cm³/mol. The third-order valence-electron chi connectivity index (χ3n) is 4.55. The number of aryl methyl sites for hydroxylation is 1. The number of halogens is 1. The van der Waals surface area contributed by atoms with Crippen molar-refractivity contribution in [2.75, 3.05) is 0 Å². The van der Waals surface area contributed by atoms with Gasteiger partial charge < -0.3 is 0 Å². The van der Waals surface area contributed by atoms with Crippen molar-refractivity contribution in [3.8, 4) is 0 Å². The zero-order chi connectivity index (χ0) is 15.7. The van der Waals surface area contributed by atoms with Crippen LogP contribution in [-0.4, -0.2) is 0 Å². The van der Waals surface area contributed by atoms with E-state index < -0.39 is 0 Å². The fourth-order valence-electron chi connectivity index (χ4n) is 3.07. The maximum atomic E-state index is 2.29. The van der Waals surface area contributed by atoms with Gasteiger partial charge in [0.25, 0.3) is 0 Å². The molecule has 132 valence electrons. The van der Waals surface area contributed by atoms with Crippen LogP contribution in [0.2, 0.25) is 0 Å². The molecule has 1 heterocycles. The van der Waals surface area contributed by atoms with Crippen LogP contribution >= 0.6 is 0 Å². The van der Waals surface area contributed by atoms with E-state index in [-0.39, 0.29) is 12.4 Å². The summed E-state index contributed by atoms with van der Waals surface area (Å²) >= 11 is 0. The Morgan fingerprint density at radius 1 is 0.522 bits per heavy atom. The molecule has 0 bridgehead atoms. The molecule has 23 heavy (non-hydrogen) atoms. The second kappa shape index (κ2) is 17.8. The molecule has 0 atom stereocenters. The quantitative estimate of drug-likeness (QED) is 0.255. The molecule has 2 heteroatoms. The first-order valence-corrected chi connectivity index (χ1v) is 9.87. The van der Waals surface area contributed by atoms with Gasteiger partial charge in [0.05, 0.1) is 0 Å². The van der Waals surface area contributed by atoms with E-state index in [0.29, 0.717) is 0 Å². The van der Waals surface area contributed by atoms with Gasteiger partial charge in [-0.2, -0.15) is 0 Å². The Hall–Kier alpha value is -0.560. The minimum atomic E-state index is 0. The highest BCUT2D eigenvalue weighted by molar-refractivity contribution is 4.83. The van der Waals surface area contributed by atoms with Crippen LogP contribution < -0.4 is 4.57 Å². The smallest absolute Gasteiger partial charge is 0.205 e. The van der Waals surface area contributed by atoms with Gasteiger partial charge >= 0.3 is 12.4 Å². The molecule has 0 aliphatic heterocycles. The van der Waals surface area contributed by atoms with Crippen molar-refractivity contribution in [3.05, 3.63) is 30.6 Å². The Kier molecular flexibility index (Phi) is 17.4. The number of aromatic nitrogens is 1. The molecule has 2 radical (unpaired) electrons. The van der Waals surface area contributed by atoms with Gasteiger partial charge in [-0.3, -0.25) is 0 Å². The van der Waals surface area contributed by atoms with Gasteiger partial charge in [0.1, 0.15) is 6.54 Å². The highest BCUT2D eigenvalue weighted by Gasteiger charge is 1.98. The monoisotopic (exact) mass is 339 g/mol. The van der Waals surface area contributed by atoms with E-state index in [1.807, 2.05) is 0 Å². The Bertz CT molecular complexity index is 326. The first kappa shape index (κ1) is 22.4. The molecule has 0 aliphatic carbocycles. The molecule has 1 nitrogen and oxygen atoms in total. The van der Waals surface area contributed by atoms with Crippen LogP contribution in [0.5, 0.6) is 0 Å². The topological polar surface area (TPSA) is 3.88 Å². The van der Waals surface area contributed by atoms with Gasteiger partial charge in [0, 0.05) is 18.6 Å². The van der Waals surface area contributed by atoms with E-state index in [0.717, 1.165) is 0 Å². The molecule has 0 saturated carbocycles. The number of hydrogen-bond donors (Lipinski definition) is 0. The van der Waals surface area contributed by atoms with E-state index in [2.05, 4.69) is 42.1 Å². The van der Waals surface area contributed by atoms with Gasteiger partial charge in [-0.15, -0.1) is 0 Å². The number of nitrogens with zero attached hydrogens (tertiary/aromatic N) is 1. The number of rotatable bonds is 15. The zero-order valence-corrected chi connectivity index (χ0v) is 16.1. The van der Waals surface area contributed by atoms with Crippen LogP contribution in [0.25, 0.3) is 0 Å². The second-order valence-corrected chi connectivity index (χ2v) is 6.71. The Labute approximate surface area is 151 Å². The predicted octanol–water partition coefficient (Wildman–Crippen LogP) is 6.46. The van der Waals surface area contributed by atoms with E-state index in [9.17, 15) is 0 Å². The van der Waals surface area contributed by atoms with Crippen molar-refractivity contribution in [2.24, 2.45) is 0 Å². The minimum Gasteiger partial charge on any atom is -0.205 e. The zero-order valence-electron chi connectivity index (χ0n) is 15.3. The van der Waals surface area contributed by atoms with Gasteiger partial charge in [0.2, 0.25) is 0 Å². The lowest BCUT2D eigenvalue weighted by atomic mass is 10.0. The van der Waals surface area contributed by atoms with Crippen molar-refractivity contribution in [1.82, 2.24) is 0 Å². The third-order valence-corrected chi connectivity index (χ3v) is 4.55. The lowest BCUT2D eigenvalue weighted by Gasteiger charge is -2.02. The largest absolute Gasteiger partial charge is 1.00 e. The molecule has 0 unspecified atom stereocenters. The van der Waals surface area contributed by atoms with Crippen molar-refractivity contribution >= 4 is 0 Å². The summed E-state index contributed by atoms with van der Waals surface area (Å²) in [5.74, 6) is 0. The Balaban J connectivity index is 0.00000484. The fourth-order valence-corrected chi connectivity index (χ4v) is 3.07. The highest BCUT2D eigenvalue weighted by atomic mass is 35.5. The summed E-state index contributed by atoms with van der Waals surface area (Å²) in [4.78, 5) is 0. The highest BCUT2D eigenvalue weighted by Crippen LogP contribution is 2.12. The molecule has 0 aliphatic rings. The molecule has 0 aromatic carbocycles. The standard InChI is InChI=1S/C21H38N.Cl/c1-2-3-4-5-6-7-8-9-10-11-12-13-14-16-19-22-20-17-15-18-21-22;/h15,17-18,20-21H,2-14,16,19H2,1H3;/q2*+1. The second-order valence-electron chi connectivity index (χ2n) is 6.71. The summed E-state index contributed by atoms with van der Waals surface area (Å²) in [5, 5.41) is 0. The average molecular weight is 340 g/mol. The number of hydrogen-bond acceptors (Lipinski definition) is 0. The molecule has 1 rings (SSSR count). The Morgan fingerprint density at radius 3 is 1.35 bits per heavy atom. The first-order chi connectivity index (χ1) is 10.9. The van der Waals surface area contributed by atoms with Crippen molar-refractivity contribution in [3.63, 3.8) is 0 Å². The summed E-state index contributed by atoms with van der Waals surface area (Å²) in [7, 11) is 0. The van der Waals surface area contributed by atoms with Crippen LogP contribution in [0.15, 0.2) is 30.6 Å². The van der Waals surface area contributed by atoms with E-state index in [1.54, 1.807) is 0 Å². The SMILES string of the molecule is CCCCCCCCCCCCCCCC[n+]1ccccc1.[Cl+]. The third kappa shape index (κ3) is 14.7. The molecule has 0 spiro atoms. The van der Waals surface area contributed by atoms with E-state index >= 15 is 0 Å². The van der Waals surface area contributed by atoms with Crippen LogP contribution in [0.1, 0.15) is 96.8 Å². The normalized spacial score (nSPS) is 10.5. The molecule has 1 aromatic rings. The van der Waals surface area contributed by atoms with Crippen molar-refractivity contribution in [2.45, 2.75) is 103 Å². The molecule has 1 aromatic heterocycles. The van der Waals surface area contributed by atoms with Crippen LogP contribution in [0.3, 0.4) is 0 Å². The lowest BCUT2D eigenvalue weighted by molar-refractivity contribution is -0.697. The van der Waals surface area contributed by atoms with E-state index in [4.69, 9.17) is 0 Å². The lowest BCUT2D eigenvalue weighted by Crippen LogP contribution is -2.32. The van der Waals surface area contributed by atoms with Crippen LogP contribution in [0.4, 0.5) is 0 Å².